The van der Waals surface area contributed by atoms with E-state index in [1.54, 1.807) is 30.6 Å². The Bertz CT molecular complexity index is 1350. The lowest BCUT2D eigenvalue weighted by molar-refractivity contribution is -0.274. The number of carbonyl (C=O) groups is 2. The van der Waals surface area contributed by atoms with Crippen LogP contribution in [0.1, 0.15) is 26.4 Å². The molecule has 2 amide bonds. The van der Waals surface area contributed by atoms with Gasteiger partial charge in [-0.05, 0) is 36.4 Å². The van der Waals surface area contributed by atoms with E-state index in [9.17, 15) is 22.8 Å². The monoisotopic (exact) mass is 494 g/mol. The number of ether oxygens (including phenoxy) is 1. The van der Waals surface area contributed by atoms with Gasteiger partial charge in [-0.15, -0.1) is 13.2 Å². The molecule has 9 nitrogen and oxygen atoms in total. The Balaban J connectivity index is 1.52. The molecule has 4 rings (SSSR count). The minimum Gasteiger partial charge on any atom is -0.405 e. The zero-order valence-electron chi connectivity index (χ0n) is 18.4. The van der Waals surface area contributed by atoms with Gasteiger partial charge in [0, 0.05) is 47.7 Å². The molecule has 3 heterocycles. The van der Waals surface area contributed by atoms with Crippen molar-refractivity contribution in [2.75, 3.05) is 5.32 Å². The predicted molar refractivity (Wildman–Crippen MR) is 122 cm³/mol. The van der Waals surface area contributed by atoms with Gasteiger partial charge >= 0.3 is 6.36 Å². The zero-order chi connectivity index (χ0) is 25.5. The van der Waals surface area contributed by atoms with Crippen molar-refractivity contribution < 1.29 is 27.5 Å². The summed E-state index contributed by atoms with van der Waals surface area (Å²) in [6.45, 7) is -0.0955. The number of carbonyl (C=O) groups excluding carboxylic acids is 2. The number of pyridine rings is 2. The van der Waals surface area contributed by atoms with E-state index in [0.29, 0.717) is 5.69 Å². The van der Waals surface area contributed by atoms with Crippen molar-refractivity contribution in [1.82, 2.24) is 25.3 Å². The highest BCUT2D eigenvalue weighted by molar-refractivity contribution is 6.06. The van der Waals surface area contributed by atoms with Gasteiger partial charge in [-0.2, -0.15) is 0 Å². The van der Waals surface area contributed by atoms with Crippen molar-refractivity contribution in [2.45, 2.75) is 12.9 Å². The van der Waals surface area contributed by atoms with Crippen molar-refractivity contribution in [3.8, 4) is 16.9 Å². The molecule has 0 saturated heterocycles. The smallest absolute Gasteiger partial charge is 0.405 e. The first-order valence-corrected chi connectivity index (χ1v) is 10.4. The van der Waals surface area contributed by atoms with Crippen LogP contribution in [0.15, 0.2) is 79.6 Å². The Morgan fingerprint density at radius 1 is 0.861 bits per heavy atom. The molecule has 0 radical (unpaired) electrons. The fourth-order valence-corrected chi connectivity index (χ4v) is 3.11. The Kier molecular flexibility index (Phi) is 7.14. The molecular formula is C24H17F3N6O3. The van der Waals surface area contributed by atoms with Gasteiger partial charge in [0.05, 0.1) is 24.0 Å². The van der Waals surface area contributed by atoms with E-state index in [4.69, 9.17) is 0 Å². The highest BCUT2D eigenvalue weighted by Gasteiger charge is 2.33. The summed E-state index contributed by atoms with van der Waals surface area (Å²) in [4.78, 5) is 41.5. The number of hydrogen-bond acceptors (Lipinski definition) is 7. The van der Waals surface area contributed by atoms with Gasteiger partial charge in [0.25, 0.3) is 11.8 Å². The van der Waals surface area contributed by atoms with Crippen molar-refractivity contribution in [3.63, 3.8) is 0 Å². The third-order valence-corrected chi connectivity index (χ3v) is 4.76. The molecule has 12 heteroatoms. The number of rotatable bonds is 7. The van der Waals surface area contributed by atoms with Crippen LogP contribution in [0.5, 0.6) is 5.75 Å². The van der Waals surface area contributed by atoms with Crippen molar-refractivity contribution in [2.24, 2.45) is 0 Å². The Morgan fingerprint density at radius 3 is 2.33 bits per heavy atom. The molecule has 36 heavy (non-hydrogen) atoms. The maximum atomic E-state index is 12.9. The van der Waals surface area contributed by atoms with Crippen LogP contribution in [-0.2, 0) is 6.54 Å². The normalized spacial score (nSPS) is 11.0. The molecule has 0 saturated carbocycles. The van der Waals surface area contributed by atoms with E-state index in [1.807, 2.05) is 6.07 Å². The number of benzene rings is 1. The van der Waals surface area contributed by atoms with Gasteiger partial charge in [-0.3, -0.25) is 24.5 Å². The molecule has 3 aromatic heterocycles. The van der Waals surface area contributed by atoms with Gasteiger partial charge < -0.3 is 15.4 Å². The number of anilines is 1. The van der Waals surface area contributed by atoms with E-state index in [0.717, 1.165) is 29.3 Å². The summed E-state index contributed by atoms with van der Waals surface area (Å²) in [6.07, 6.45) is 4.04. The summed E-state index contributed by atoms with van der Waals surface area (Å²) in [5.74, 6) is -2.13. The third-order valence-electron chi connectivity index (χ3n) is 4.76. The van der Waals surface area contributed by atoms with Crippen LogP contribution in [0.3, 0.4) is 0 Å². The van der Waals surface area contributed by atoms with Crippen LogP contribution < -0.4 is 15.4 Å². The van der Waals surface area contributed by atoms with Crippen molar-refractivity contribution in [1.29, 1.82) is 0 Å². The molecule has 182 valence electrons. The highest BCUT2D eigenvalue weighted by atomic mass is 19.4. The summed E-state index contributed by atoms with van der Waals surface area (Å²) >= 11 is 0. The topological polar surface area (TPSA) is 119 Å². The maximum Gasteiger partial charge on any atom is 0.573 e. The lowest BCUT2D eigenvalue weighted by atomic mass is 10.1. The number of alkyl halides is 3. The van der Waals surface area contributed by atoms with Crippen LogP contribution in [0, 0.1) is 0 Å². The van der Waals surface area contributed by atoms with Crippen LogP contribution in [-0.4, -0.2) is 38.1 Å². The fourth-order valence-electron chi connectivity index (χ4n) is 3.11. The molecule has 2 N–H and O–H groups in total. The summed E-state index contributed by atoms with van der Waals surface area (Å²) in [6, 6.07) is 9.94. The van der Waals surface area contributed by atoms with Gasteiger partial charge in [-0.1, -0.05) is 6.07 Å². The van der Waals surface area contributed by atoms with Gasteiger partial charge in [-0.25, -0.2) is 4.98 Å². The van der Waals surface area contributed by atoms with Gasteiger partial charge in [0.1, 0.15) is 11.6 Å². The number of nitrogens with one attached hydrogen (secondary N) is 2. The highest BCUT2D eigenvalue weighted by Crippen LogP contribution is 2.28. The SMILES string of the molecule is O=C(Nc1ccc(-c2cccnc2)cn1)c1ccc(OC(F)(F)F)c(C(=O)NCc2cnccn2)c1. The van der Waals surface area contributed by atoms with Gasteiger partial charge in [0.2, 0.25) is 0 Å². The van der Waals surface area contributed by atoms with E-state index in [2.05, 4.69) is 35.3 Å². The molecule has 0 spiro atoms. The lowest BCUT2D eigenvalue weighted by Crippen LogP contribution is -2.26. The molecule has 0 bridgehead atoms. The molecule has 0 unspecified atom stereocenters. The fraction of sp³-hybridized carbons (Fsp3) is 0.0833. The van der Waals surface area contributed by atoms with Crippen LogP contribution in [0.2, 0.25) is 0 Å². The van der Waals surface area contributed by atoms with Crippen molar-refractivity contribution >= 4 is 17.6 Å². The molecule has 0 aliphatic heterocycles. The Labute approximate surface area is 202 Å². The number of nitrogens with zero attached hydrogens (tertiary/aromatic N) is 4. The third kappa shape index (κ3) is 6.38. The van der Waals surface area contributed by atoms with Crippen LogP contribution in [0.4, 0.5) is 19.0 Å². The molecular weight excluding hydrogens is 477 g/mol. The molecule has 0 aliphatic rings. The molecule has 1 aromatic carbocycles. The van der Waals surface area contributed by atoms with E-state index in [-0.39, 0.29) is 17.9 Å². The second kappa shape index (κ2) is 10.6. The lowest BCUT2D eigenvalue weighted by Gasteiger charge is -2.14. The average molecular weight is 494 g/mol. The summed E-state index contributed by atoms with van der Waals surface area (Å²) in [5, 5.41) is 4.99. The minimum absolute atomic E-state index is 0.0766. The number of amides is 2. The standard InChI is InChI=1S/C24H17F3N6O3/c25-24(26,27)36-20-5-3-15(10-19(20)23(35)32-14-18-13-29-8-9-30-18)22(34)33-21-6-4-17(12-31-21)16-2-1-7-28-11-16/h1-13H,14H2,(H,32,35)(H,31,33,34). The quantitative estimate of drug-likeness (QED) is 0.398. The van der Waals surface area contributed by atoms with E-state index >= 15 is 0 Å². The molecule has 0 aliphatic carbocycles. The second-order valence-corrected chi connectivity index (χ2v) is 7.27. The van der Waals surface area contributed by atoms with E-state index < -0.39 is 29.5 Å². The first kappa shape index (κ1) is 24.3. The van der Waals surface area contributed by atoms with Crippen molar-refractivity contribution in [3.05, 3.63) is 96.5 Å². The zero-order valence-corrected chi connectivity index (χ0v) is 18.4. The predicted octanol–water partition coefficient (Wildman–Crippen LogP) is 4.01. The average Bonchev–Trinajstić information content (AvgIpc) is 2.88. The molecule has 0 atom stereocenters. The largest absolute Gasteiger partial charge is 0.573 e. The first-order chi connectivity index (χ1) is 17.3. The summed E-state index contributed by atoms with van der Waals surface area (Å²) in [5.41, 5.74) is 1.44. The van der Waals surface area contributed by atoms with Crippen LogP contribution in [0.25, 0.3) is 11.1 Å². The number of halogens is 3. The second-order valence-electron chi connectivity index (χ2n) is 7.27. The van der Waals surface area contributed by atoms with Crippen LogP contribution >= 0.6 is 0 Å². The number of hydrogen-bond donors (Lipinski definition) is 2. The molecule has 4 aromatic rings. The summed E-state index contributed by atoms with van der Waals surface area (Å²) < 4.78 is 42.6. The summed E-state index contributed by atoms with van der Waals surface area (Å²) in [7, 11) is 0. The maximum absolute atomic E-state index is 12.9. The van der Waals surface area contributed by atoms with E-state index in [1.165, 1.54) is 24.8 Å². The molecule has 0 fully saturated rings. The minimum atomic E-state index is -5.04. The number of aromatic nitrogens is 4. The van der Waals surface area contributed by atoms with Gasteiger partial charge in [0.15, 0.2) is 0 Å². The Hall–Kier alpha value is -4.87. The first-order valence-electron chi connectivity index (χ1n) is 10.4. The Morgan fingerprint density at radius 2 is 1.67 bits per heavy atom.